The number of carbonyl (C=O) groups excluding carboxylic acids is 2. The second-order valence-corrected chi connectivity index (χ2v) is 11.3. The summed E-state index contributed by atoms with van der Waals surface area (Å²) in [6.07, 6.45) is 0. The molecule has 0 fully saturated rings. The van der Waals surface area contributed by atoms with Crippen LogP contribution in [0.4, 0.5) is 5.82 Å². The highest BCUT2D eigenvalue weighted by molar-refractivity contribution is 9.10. The van der Waals surface area contributed by atoms with Crippen LogP contribution in [0.5, 0.6) is 0 Å². The fraction of sp³-hybridized carbons (Fsp3) is 0.393. The molecule has 2 aromatic carbocycles. The molecule has 0 radical (unpaired) electrons. The summed E-state index contributed by atoms with van der Waals surface area (Å²) in [6, 6.07) is 15.2. The topological polar surface area (TPSA) is 67.2 Å². The van der Waals surface area contributed by atoms with Crippen molar-refractivity contribution in [3.8, 4) is 5.69 Å². The van der Waals surface area contributed by atoms with Crippen LogP contribution in [0.2, 0.25) is 0 Å². The lowest BCUT2D eigenvalue weighted by Crippen LogP contribution is -2.40. The number of rotatable bonds is 7. The van der Waals surface area contributed by atoms with Crippen molar-refractivity contribution in [2.45, 2.75) is 53.9 Å². The van der Waals surface area contributed by atoms with E-state index in [1.54, 1.807) is 21.7 Å². The van der Waals surface area contributed by atoms with Crippen molar-refractivity contribution in [2.75, 3.05) is 18.4 Å². The van der Waals surface area contributed by atoms with Crippen molar-refractivity contribution in [2.24, 2.45) is 5.92 Å². The Morgan fingerprint density at radius 3 is 2.40 bits per heavy atom. The van der Waals surface area contributed by atoms with Crippen molar-refractivity contribution >= 4 is 33.6 Å². The van der Waals surface area contributed by atoms with Crippen LogP contribution in [-0.2, 0) is 10.2 Å². The van der Waals surface area contributed by atoms with E-state index in [2.05, 4.69) is 61.9 Å². The van der Waals surface area contributed by atoms with Gasteiger partial charge in [-0.2, -0.15) is 5.10 Å². The highest BCUT2D eigenvalue weighted by Crippen LogP contribution is 2.28. The smallest absolute Gasteiger partial charge is 0.254 e. The zero-order valence-corrected chi connectivity index (χ0v) is 23.2. The number of nitrogens with one attached hydrogen (secondary N) is 1. The maximum Gasteiger partial charge on any atom is 0.254 e. The van der Waals surface area contributed by atoms with Gasteiger partial charge in [0.05, 0.1) is 11.4 Å². The number of aromatic nitrogens is 2. The number of halogens is 1. The second kappa shape index (κ2) is 10.8. The second-order valence-electron chi connectivity index (χ2n) is 10.4. The fourth-order valence-electron chi connectivity index (χ4n) is 3.81. The van der Waals surface area contributed by atoms with Crippen molar-refractivity contribution < 1.29 is 9.59 Å². The number of nitrogens with zero attached hydrogens (tertiary/aromatic N) is 3. The van der Waals surface area contributed by atoms with Gasteiger partial charge in [-0.25, -0.2) is 4.68 Å². The molecule has 0 unspecified atom stereocenters. The third-order valence-electron chi connectivity index (χ3n) is 5.83. The van der Waals surface area contributed by atoms with Crippen LogP contribution < -0.4 is 5.32 Å². The standard InChI is InChI=1S/C28H35BrN4O2/c1-18(2)16-32(27(35)21-11-9-12-22(29)14-21)17-26(34)30-25-15-24(28(5,6)7)31-33(25)23-13-8-10-19(3)20(23)4/h8-15,18H,16-17H2,1-7H3,(H,30,34). The Kier molecular flexibility index (Phi) is 8.21. The molecule has 3 aromatic rings. The molecule has 0 saturated heterocycles. The van der Waals surface area contributed by atoms with E-state index >= 15 is 0 Å². The van der Waals surface area contributed by atoms with Gasteiger partial charge in [-0.3, -0.25) is 9.59 Å². The summed E-state index contributed by atoms with van der Waals surface area (Å²) in [5, 5.41) is 7.87. The number of anilines is 1. The lowest BCUT2D eigenvalue weighted by Gasteiger charge is -2.24. The van der Waals surface area contributed by atoms with Crippen LogP contribution >= 0.6 is 15.9 Å². The van der Waals surface area contributed by atoms with Crippen molar-refractivity contribution in [3.63, 3.8) is 0 Å². The first-order chi connectivity index (χ1) is 16.4. The van der Waals surface area contributed by atoms with E-state index in [1.807, 2.05) is 44.2 Å². The van der Waals surface area contributed by atoms with E-state index in [9.17, 15) is 9.59 Å². The highest BCUT2D eigenvalue weighted by Gasteiger charge is 2.24. The number of benzene rings is 2. The Labute approximate surface area is 216 Å². The molecule has 35 heavy (non-hydrogen) atoms. The third-order valence-corrected chi connectivity index (χ3v) is 6.32. The Morgan fingerprint density at radius 2 is 1.77 bits per heavy atom. The molecule has 1 heterocycles. The quantitative estimate of drug-likeness (QED) is 0.384. The largest absolute Gasteiger partial charge is 0.329 e. The van der Waals surface area contributed by atoms with Crippen molar-refractivity contribution in [1.82, 2.24) is 14.7 Å². The lowest BCUT2D eigenvalue weighted by atomic mass is 9.92. The molecule has 0 atom stereocenters. The van der Waals surface area contributed by atoms with E-state index in [-0.39, 0.29) is 29.7 Å². The molecule has 1 aromatic heterocycles. The van der Waals surface area contributed by atoms with Gasteiger partial charge in [0.2, 0.25) is 5.91 Å². The maximum absolute atomic E-state index is 13.2. The highest BCUT2D eigenvalue weighted by atomic mass is 79.9. The Bertz CT molecular complexity index is 1220. The zero-order chi connectivity index (χ0) is 25.9. The summed E-state index contributed by atoms with van der Waals surface area (Å²) in [4.78, 5) is 28.1. The summed E-state index contributed by atoms with van der Waals surface area (Å²) >= 11 is 3.43. The van der Waals surface area contributed by atoms with Gasteiger partial charge in [-0.15, -0.1) is 0 Å². The monoisotopic (exact) mass is 538 g/mol. The minimum absolute atomic E-state index is 0.0492. The SMILES string of the molecule is Cc1cccc(-n2nc(C(C)(C)C)cc2NC(=O)CN(CC(C)C)C(=O)c2cccc(Br)c2)c1C. The average Bonchev–Trinajstić information content (AvgIpc) is 3.18. The predicted octanol–water partition coefficient (Wildman–Crippen LogP) is 6.29. The lowest BCUT2D eigenvalue weighted by molar-refractivity contribution is -0.117. The number of aryl methyl sites for hydroxylation is 1. The van der Waals surface area contributed by atoms with Gasteiger partial charge in [0.15, 0.2) is 0 Å². The molecule has 0 spiro atoms. The summed E-state index contributed by atoms with van der Waals surface area (Å²) in [7, 11) is 0. The van der Waals surface area contributed by atoms with E-state index in [0.717, 1.165) is 27.0 Å². The van der Waals surface area contributed by atoms with Gasteiger partial charge >= 0.3 is 0 Å². The average molecular weight is 540 g/mol. The zero-order valence-electron chi connectivity index (χ0n) is 21.6. The van der Waals surface area contributed by atoms with Crippen LogP contribution in [0.3, 0.4) is 0 Å². The minimum Gasteiger partial charge on any atom is -0.329 e. The number of carbonyl (C=O) groups is 2. The van der Waals surface area contributed by atoms with Crippen molar-refractivity contribution in [3.05, 3.63) is 75.4 Å². The van der Waals surface area contributed by atoms with Gasteiger partial charge in [0.25, 0.3) is 5.91 Å². The molecule has 3 rings (SSSR count). The van der Waals surface area contributed by atoms with Gasteiger partial charge in [-0.1, -0.05) is 68.7 Å². The predicted molar refractivity (Wildman–Crippen MR) is 145 cm³/mol. The van der Waals surface area contributed by atoms with Crippen LogP contribution in [0, 0.1) is 19.8 Å². The molecule has 186 valence electrons. The Morgan fingerprint density at radius 1 is 1.09 bits per heavy atom. The van der Waals surface area contributed by atoms with E-state index in [4.69, 9.17) is 5.10 Å². The fourth-order valence-corrected chi connectivity index (χ4v) is 4.20. The van der Waals surface area contributed by atoms with Crippen LogP contribution in [0.25, 0.3) is 5.69 Å². The van der Waals surface area contributed by atoms with Gasteiger partial charge in [-0.05, 0) is 55.2 Å². The van der Waals surface area contributed by atoms with Crippen LogP contribution in [0.1, 0.15) is 61.8 Å². The number of amides is 2. The number of hydrogen-bond acceptors (Lipinski definition) is 3. The van der Waals surface area contributed by atoms with Gasteiger partial charge in [0.1, 0.15) is 12.4 Å². The molecule has 7 heteroatoms. The first-order valence-corrected chi connectivity index (χ1v) is 12.7. The molecule has 0 bridgehead atoms. The van der Waals surface area contributed by atoms with E-state index < -0.39 is 0 Å². The van der Waals surface area contributed by atoms with Gasteiger partial charge < -0.3 is 10.2 Å². The molecule has 6 nitrogen and oxygen atoms in total. The summed E-state index contributed by atoms with van der Waals surface area (Å²) < 4.78 is 2.62. The van der Waals surface area contributed by atoms with Crippen molar-refractivity contribution in [1.29, 1.82) is 0 Å². The van der Waals surface area contributed by atoms with E-state index in [1.165, 1.54) is 0 Å². The Balaban J connectivity index is 1.91. The van der Waals surface area contributed by atoms with Crippen LogP contribution in [0.15, 0.2) is 53.0 Å². The maximum atomic E-state index is 13.2. The summed E-state index contributed by atoms with van der Waals surface area (Å²) in [6.45, 7) is 14.9. The molecular weight excluding hydrogens is 504 g/mol. The molecule has 0 saturated carbocycles. The molecule has 1 N–H and O–H groups in total. The normalized spacial score (nSPS) is 11.6. The first kappa shape index (κ1) is 26.7. The number of hydrogen-bond donors (Lipinski definition) is 1. The molecule has 0 aliphatic carbocycles. The third kappa shape index (κ3) is 6.60. The van der Waals surface area contributed by atoms with E-state index in [0.29, 0.717) is 17.9 Å². The summed E-state index contributed by atoms with van der Waals surface area (Å²) in [5.41, 5.74) is 4.39. The molecular formula is C28H35BrN4O2. The van der Waals surface area contributed by atoms with Gasteiger partial charge in [0, 0.05) is 28.1 Å². The minimum atomic E-state index is -0.263. The van der Waals surface area contributed by atoms with Crippen LogP contribution in [-0.4, -0.2) is 39.6 Å². The molecule has 2 amide bonds. The summed E-state index contributed by atoms with van der Waals surface area (Å²) in [5.74, 6) is 0.370. The molecule has 0 aliphatic heterocycles. The molecule has 0 aliphatic rings. The Hall–Kier alpha value is -2.93. The first-order valence-electron chi connectivity index (χ1n) is 11.9.